The van der Waals surface area contributed by atoms with Gasteiger partial charge in [-0.25, -0.2) is 4.98 Å². The fraction of sp³-hybridized carbons (Fsp3) is 0.227. The molecule has 1 amide bonds. The number of aryl methyl sites for hydroxylation is 2. The molecule has 1 N–H and O–H groups in total. The molecule has 0 aliphatic heterocycles. The first-order valence-corrected chi connectivity index (χ1v) is 9.94. The second-order valence-corrected chi connectivity index (χ2v) is 7.99. The molecule has 0 fully saturated rings. The Hall–Kier alpha value is -2.86. The van der Waals surface area contributed by atoms with Crippen LogP contribution in [0.1, 0.15) is 18.1 Å². The van der Waals surface area contributed by atoms with Gasteiger partial charge in [0, 0.05) is 12.2 Å². The summed E-state index contributed by atoms with van der Waals surface area (Å²) in [7, 11) is 0. The van der Waals surface area contributed by atoms with E-state index in [9.17, 15) is 9.59 Å². The summed E-state index contributed by atoms with van der Waals surface area (Å²) in [5, 5.41) is 3.62. The van der Waals surface area contributed by atoms with Crippen LogP contribution in [0.3, 0.4) is 0 Å². The fourth-order valence-electron chi connectivity index (χ4n) is 2.84. The summed E-state index contributed by atoms with van der Waals surface area (Å²) in [6.45, 7) is 9.82. The predicted octanol–water partition coefficient (Wildman–Crippen LogP) is 4.32. The van der Waals surface area contributed by atoms with E-state index >= 15 is 0 Å². The number of thioether (sulfide) groups is 1. The van der Waals surface area contributed by atoms with E-state index in [2.05, 4.69) is 16.9 Å². The normalized spacial score (nSPS) is 12.0. The van der Waals surface area contributed by atoms with Crippen LogP contribution in [-0.4, -0.2) is 20.7 Å². The van der Waals surface area contributed by atoms with Gasteiger partial charge in [0.2, 0.25) is 5.91 Å². The first-order valence-electron chi connectivity index (χ1n) is 9.06. The average molecular weight is 394 g/mol. The fourth-order valence-corrected chi connectivity index (χ4v) is 3.76. The number of carbonyl (C=O) groups is 1. The molecule has 1 atom stereocenters. The summed E-state index contributed by atoms with van der Waals surface area (Å²) >= 11 is 1.27. The lowest BCUT2D eigenvalue weighted by Crippen LogP contribution is -2.27. The molecule has 0 unspecified atom stereocenters. The van der Waals surface area contributed by atoms with Crippen LogP contribution < -0.4 is 10.9 Å². The van der Waals surface area contributed by atoms with Gasteiger partial charge < -0.3 is 5.32 Å². The first-order chi connectivity index (χ1) is 13.4. The molecule has 28 heavy (non-hydrogen) atoms. The van der Waals surface area contributed by atoms with Crippen LogP contribution >= 0.6 is 11.8 Å². The lowest BCUT2D eigenvalue weighted by atomic mass is 10.1. The van der Waals surface area contributed by atoms with Crippen LogP contribution in [0.25, 0.3) is 10.9 Å². The number of anilines is 1. The second kappa shape index (κ2) is 8.44. The summed E-state index contributed by atoms with van der Waals surface area (Å²) in [5.41, 5.74) is 3.38. The molecule has 2 aromatic carbocycles. The topological polar surface area (TPSA) is 64.0 Å². The second-order valence-electron chi connectivity index (χ2n) is 6.68. The summed E-state index contributed by atoms with van der Waals surface area (Å²) in [4.78, 5) is 30.2. The number of fused-ring (bicyclic) bond motifs is 1. The maximum atomic E-state index is 12.8. The molecule has 0 radical (unpaired) electrons. The third-order valence-corrected chi connectivity index (χ3v) is 5.53. The number of aromatic nitrogens is 2. The number of benzene rings is 2. The van der Waals surface area contributed by atoms with E-state index in [0.717, 1.165) is 16.8 Å². The molecule has 3 rings (SSSR count). The molecule has 0 saturated heterocycles. The van der Waals surface area contributed by atoms with Crippen molar-refractivity contribution in [1.82, 2.24) is 9.55 Å². The number of hydrogen-bond donors (Lipinski definition) is 1. The Bertz CT molecular complexity index is 1100. The van der Waals surface area contributed by atoms with Crippen molar-refractivity contribution in [1.29, 1.82) is 0 Å². The zero-order valence-corrected chi connectivity index (χ0v) is 17.0. The molecule has 1 aromatic heterocycles. The summed E-state index contributed by atoms with van der Waals surface area (Å²) in [6.07, 6.45) is 1.66. The largest absolute Gasteiger partial charge is 0.325 e. The number of carbonyl (C=O) groups excluding carboxylic acids is 1. The van der Waals surface area contributed by atoms with E-state index < -0.39 is 5.25 Å². The van der Waals surface area contributed by atoms with E-state index in [4.69, 9.17) is 0 Å². The molecule has 144 valence electrons. The van der Waals surface area contributed by atoms with Gasteiger partial charge in [-0.3, -0.25) is 14.2 Å². The van der Waals surface area contributed by atoms with Gasteiger partial charge in [0.15, 0.2) is 5.16 Å². The van der Waals surface area contributed by atoms with Gasteiger partial charge in [-0.15, -0.1) is 6.58 Å². The Morgan fingerprint density at radius 1 is 1.29 bits per heavy atom. The molecule has 0 saturated carbocycles. The molecule has 0 spiro atoms. The highest BCUT2D eigenvalue weighted by Gasteiger charge is 2.19. The van der Waals surface area contributed by atoms with Crippen molar-refractivity contribution in [3.8, 4) is 0 Å². The zero-order valence-electron chi connectivity index (χ0n) is 16.2. The lowest BCUT2D eigenvalue weighted by Gasteiger charge is -2.16. The predicted molar refractivity (Wildman–Crippen MR) is 116 cm³/mol. The monoisotopic (exact) mass is 393 g/mol. The van der Waals surface area contributed by atoms with Crippen molar-refractivity contribution in [3.05, 3.63) is 76.6 Å². The Morgan fingerprint density at radius 2 is 2.04 bits per heavy atom. The minimum atomic E-state index is -0.427. The Kier molecular flexibility index (Phi) is 5.99. The van der Waals surface area contributed by atoms with Crippen LogP contribution in [-0.2, 0) is 11.3 Å². The van der Waals surface area contributed by atoms with E-state index in [-0.39, 0.29) is 11.5 Å². The van der Waals surface area contributed by atoms with Gasteiger partial charge in [0.25, 0.3) is 5.56 Å². The van der Waals surface area contributed by atoms with Gasteiger partial charge in [-0.1, -0.05) is 42.1 Å². The van der Waals surface area contributed by atoms with Gasteiger partial charge in [-0.05, 0) is 50.1 Å². The van der Waals surface area contributed by atoms with Gasteiger partial charge in [-0.2, -0.15) is 0 Å². The molecule has 0 bridgehead atoms. The number of nitrogens with zero attached hydrogens (tertiary/aromatic N) is 2. The SMILES string of the molecule is C=CCn1c(S[C@H](C)C(=O)Nc2cc(C)ccc2C)nc2ccccc2c1=O. The van der Waals surface area contributed by atoms with Crippen molar-refractivity contribution in [2.45, 2.75) is 37.7 Å². The van der Waals surface area contributed by atoms with E-state index in [0.29, 0.717) is 22.6 Å². The van der Waals surface area contributed by atoms with Crippen LogP contribution in [0.5, 0.6) is 0 Å². The number of rotatable bonds is 6. The number of allylic oxidation sites excluding steroid dienone is 1. The minimum Gasteiger partial charge on any atom is -0.325 e. The third-order valence-electron chi connectivity index (χ3n) is 4.44. The van der Waals surface area contributed by atoms with E-state index in [1.165, 1.54) is 11.8 Å². The van der Waals surface area contributed by atoms with Crippen molar-refractivity contribution < 1.29 is 4.79 Å². The van der Waals surface area contributed by atoms with Gasteiger partial charge in [0.1, 0.15) is 0 Å². The smallest absolute Gasteiger partial charge is 0.262 e. The van der Waals surface area contributed by atoms with Crippen LogP contribution in [0, 0.1) is 13.8 Å². The van der Waals surface area contributed by atoms with Crippen LogP contribution in [0.2, 0.25) is 0 Å². The van der Waals surface area contributed by atoms with Crippen LogP contribution in [0.15, 0.2) is 65.1 Å². The van der Waals surface area contributed by atoms with E-state index in [1.807, 2.05) is 51.1 Å². The quantitative estimate of drug-likeness (QED) is 0.385. The van der Waals surface area contributed by atoms with E-state index in [1.54, 1.807) is 22.8 Å². The standard InChI is InChI=1S/C22H23N3O2S/c1-5-12-25-21(27)17-8-6-7-9-18(17)24-22(25)28-16(4)20(26)23-19-13-14(2)10-11-15(19)3/h5-11,13,16H,1,12H2,2-4H3,(H,23,26)/t16-/m1/s1. The molecule has 0 aliphatic rings. The lowest BCUT2D eigenvalue weighted by molar-refractivity contribution is -0.115. The number of para-hydroxylation sites is 1. The molecule has 3 aromatic rings. The highest BCUT2D eigenvalue weighted by Crippen LogP contribution is 2.24. The number of amides is 1. The number of nitrogens with one attached hydrogen (secondary N) is 1. The summed E-state index contributed by atoms with van der Waals surface area (Å²) < 4.78 is 1.56. The van der Waals surface area contributed by atoms with Crippen molar-refractivity contribution in [2.75, 3.05) is 5.32 Å². The van der Waals surface area contributed by atoms with Crippen molar-refractivity contribution in [2.24, 2.45) is 0 Å². The first kappa shape index (κ1) is 19.9. The summed E-state index contributed by atoms with van der Waals surface area (Å²) in [5.74, 6) is -0.133. The maximum absolute atomic E-state index is 12.8. The van der Waals surface area contributed by atoms with Gasteiger partial charge >= 0.3 is 0 Å². The Morgan fingerprint density at radius 3 is 2.79 bits per heavy atom. The molecule has 6 heteroatoms. The molecular formula is C22H23N3O2S. The zero-order chi connectivity index (χ0) is 20.3. The highest BCUT2D eigenvalue weighted by atomic mass is 32.2. The average Bonchev–Trinajstić information content (AvgIpc) is 2.67. The molecule has 5 nitrogen and oxygen atoms in total. The Balaban J connectivity index is 1.89. The van der Waals surface area contributed by atoms with Crippen molar-refractivity contribution in [3.63, 3.8) is 0 Å². The summed E-state index contributed by atoms with van der Waals surface area (Å²) in [6, 6.07) is 13.2. The minimum absolute atomic E-state index is 0.130. The third kappa shape index (κ3) is 4.17. The maximum Gasteiger partial charge on any atom is 0.262 e. The molecule has 0 aliphatic carbocycles. The highest BCUT2D eigenvalue weighted by molar-refractivity contribution is 8.00. The number of hydrogen-bond acceptors (Lipinski definition) is 4. The Labute approximate surface area is 168 Å². The van der Waals surface area contributed by atoms with Crippen LogP contribution in [0.4, 0.5) is 5.69 Å². The molecule has 1 heterocycles. The molecular weight excluding hydrogens is 370 g/mol. The van der Waals surface area contributed by atoms with Crippen molar-refractivity contribution >= 4 is 34.3 Å². The van der Waals surface area contributed by atoms with Gasteiger partial charge in [0.05, 0.1) is 16.2 Å².